The van der Waals surface area contributed by atoms with Gasteiger partial charge in [0.25, 0.3) is 0 Å². The highest BCUT2D eigenvalue weighted by Crippen LogP contribution is 2.41. The maximum absolute atomic E-state index is 12.0. The van der Waals surface area contributed by atoms with Crippen molar-refractivity contribution in [3.05, 3.63) is 23.8 Å². The summed E-state index contributed by atoms with van der Waals surface area (Å²) in [6.45, 7) is 3.23. The van der Waals surface area contributed by atoms with Crippen LogP contribution < -0.4 is 10.6 Å². The molecule has 114 valence electrons. The molecule has 1 aliphatic carbocycles. The van der Waals surface area contributed by atoms with E-state index in [1.807, 2.05) is 19.1 Å². The number of carbonyl (C=O) groups is 1. The first kappa shape index (κ1) is 14.2. The fourth-order valence-corrected chi connectivity index (χ4v) is 3.90. The fourth-order valence-electron chi connectivity index (χ4n) is 3.90. The number of benzene rings is 1. The molecule has 1 aromatic rings. The van der Waals surface area contributed by atoms with E-state index in [4.69, 9.17) is 10.5 Å². The van der Waals surface area contributed by atoms with Crippen LogP contribution in [-0.4, -0.2) is 25.2 Å². The van der Waals surface area contributed by atoms with Crippen LogP contribution in [-0.2, 0) is 4.74 Å². The summed E-state index contributed by atoms with van der Waals surface area (Å²) in [6.07, 6.45) is 6.47. The Hall–Kier alpha value is -1.71. The average Bonchev–Trinajstić information content (AvgIpc) is 2.91. The van der Waals surface area contributed by atoms with Crippen molar-refractivity contribution in [2.75, 3.05) is 23.8 Å². The Morgan fingerprint density at radius 2 is 2.14 bits per heavy atom. The fraction of sp³-hybridized carbons (Fsp3) is 0.588. The van der Waals surface area contributed by atoms with E-state index in [-0.39, 0.29) is 5.97 Å². The minimum Gasteiger partial charge on any atom is -0.462 e. The summed E-state index contributed by atoms with van der Waals surface area (Å²) in [6, 6.07) is 6.30. The van der Waals surface area contributed by atoms with Crippen LogP contribution in [0.2, 0.25) is 0 Å². The Balaban J connectivity index is 1.88. The third-order valence-corrected chi connectivity index (χ3v) is 4.90. The molecule has 1 aromatic carbocycles. The number of fused-ring (bicyclic) bond motifs is 1. The van der Waals surface area contributed by atoms with Gasteiger partial charge in [-0.15, -0.1) is 0 Å². The molecule has 1 saturated heterocycles. The Labute approximate surface area is 126 Å². The number of hydrogen-bond donors (Lipinski definition) is 1. The molecule has 0 amide bonds. The first-order valence-corrected chi connectivity index (χ1v) is 8.04. The summed E-state index contributed by atoms with van der Waals surface area (Å²) >= 11 is 0. The van der Waals surface area contributed by atoms with E-state index in [1.54, 1.807) is 6.07 Å². The minimum atomic E-state index is -0.323. The number of esters is 1. The van der Waals surface area contributed by atoms with Crippen molar-refractivity contribution in [3.8, 4) is 0 Å². The third-order valence-electron chi connectivity index (χ3n) is 4.90. The summed E-state index contributed by atoms with van der Waals surface area (Å²) in [5, 5.41) is 0. The van der Waals surface area contributed by atoms with Crippen LogP contribution in [0.4, 0.5) is 11.4 Å². The predicted molar refractivity (Wildman–Crippen MR) is 84.5 cm³/mol. The number of nitrogens with zero attached hydrogens (tertiary/aromatic N) is 1. The number of nitrogens with two attached hydrogens (primary N) is 1. The van der Waals surface area contributed by atoms with Crippen LogP contribution in [0.1, 0.15) is 49.4 Å². The van der Waals surface area contributed by atoms with E-state index in [1.165, 1.54) is 32.1 Å². The molecule has 2 fully saturated rings. The van der Waals surface area contributed by atoms with Crippen LogP contribution in [0.25, 0.3) is 0 Å². The zero-order chi connectivity index (χ0) is 14.8. The molecule has 1 saturated carbocycles. The third kappa shape index (κ3) is 2.59. The Morgan fingerprint density at radius 1 is 1.33 bits per heavy atom. The lowest BCUT2D eigenvalue weighted by atomic mass is 9.85. The quantitative estimate of drug-likeness (QED) is 0.685. The molecule has 0 radical (unpaired) electrons. The normalized spacial score (nSPS) is 24.7. The van der Waals surface area contributed by atoms with Crippen molar-refractivity contribution >= 4 is 17.3 Å². The molecule has 4 heteroatoms. The van der Waals surface area contributed by atoms with E-state index < -0.39 is 0 Å². The Kier molecular flexibility index (Phi) is 4.04. The lowest BCUT2D eigenvalue weighted by Crippen LogP contribution is -2.35. The van der Waals surface area contributed by atoms with Crippen LogP contribution >= 0.6 is 0 Å². The van der Waals surface area contributed by atoms with E-state index >= 15 is 0 Å². The van der Waals surface area contributed by atoms with Gasteiger partial charge in [0.2, 0.25) is 0 Å². The number of hydrogen-bond acceptors (Lipinski definition) is 4. The van der Waals surface area contributed by atoms with Crippen molar-refractivity contribution in [3.63, 3.8) is 0 Å². The van der Waals surface area contributed by atoms with Gasteiger partial charge < -0.3 is 15.4 Å². The van der Waals surface area contributed by atoms with Crippen LogP contribution in [0.5, 0.6) is 0 Å². The van der Waals surface area contributed by atoms with Crippen LogP contribution in [0, 0.1) is 5.92 Å². The summed E-state index contributed by atoms with van der Waals surface area (Å²) < 4.78 is 5.10. The molecule has 21 heavy (non-hydrogen) atoms. The molecule has 0 aromatic heterocycles. The SMILES string of the molecule is CCOC(=O)c1cccc(N2CCC3CCCCC32)c1N. The van der Waals surface area contributed by atoms with Crippen molar-refractivity contribution < 1.29 is 9.53 Å². The van der Waals surface area contributed by atoms with E-state index in [0.29, 0.717) is 23.9 Å². The first-order chi connectivity index (χ1) is 10.2. The molecule has 2 unspecified atom stereocenters. The number of nitrogen functional groups attached to an aromatic ring is 1. The van der Waals surface area contributed by atoms with Crippen LogP contribution in [0.15, 0.2) is 18.2 Å². The molecule has 0 bridgehead atoms. The highest BCUT2D eigenvalue weighted by molar-refractivity contribution is 5.98. The lowest BCUT2D eigenvalue weighted by Gasteiger charge is -2.34. The number of ether oxygens (including phenoxy) is 1. The molecule has 2 N–H and O–H groups in total. The van der Waals surface area contributed by atoms with Crippen molar-refractivity contribution in [2.45, 2.75) is 45.1 Å². The van der Waals surface area contributed by atoms with E-state index in [2.05, 4.69) is 4.90 Å². The molecule has 1 aliphatic heterocycles. The van der Waals surface area contributed by atoms with E-state index in [0.717, 1.165) is 18.2 Å². The van der Waals surface area contributed by atoms with Gasteiger partial charge >= 0.3 is 5.97 Å². The highest BCUT2D eigenvalue weighted by atomic mass is 16.5. The topological polar surface area (TPSA) is 55.6 Å². The van der Waals surface area contributed by atoms with Gasteiger partial charge in [0, 0.05) is 12.6 Å². The summed E-state index contributed by atoms with van der Waals surface area (Å²) in [7, 11) is 0. The standard InChI is InChI=1S/C17H24N2O2/c1-2-21-17(20)13-7-5-9-15(16(13)18)19-11-10-12-6-3-4-8-14(12)19/h5,7,9,12,14H,2-4,6,8,10-11,18H2,1H3. The maximum Gasteiger partial charge on any atom is 0.340 e. The van der Waals surface area contributed by atoms with Gasteiger partial charge in [-0.2, -0.15) is 0 Å². The number of rotatable bonds is 3. The van der Waals surface area contributed by atoms with Crippen LogP contribution in [0.3, 0.4) is 0 Å². The van der Waals surface area contributed by atoms with Gasteiger partial charge in [0.05, 0.1) is 23.5 Å². The monoisotopic (exact) mass is 288 g/mol. The number of anilines is 2. The molecule has 1 heterocycles. The summed E-state index contributed by atoms with van der Waals surface area (Å²) in [5.74, 6) is 0.473. The van der Waals surface area contributed by atoms with Gasteiger partial charge in [0.1, 0.15) is 0 Å². The summed E-state index contributed by atoms with van der Waals surface area (Å²) in [5.41, 5.74) is 8.35. The molecular formula is C17H24N2O2. The molecule has 3 rings (SSSR count). The van der Waals surface area contributed by atoms with E-state index in [9.17, 15) is 4.79 Å². The van der Waals surface area contributed by atoms with Crippen molar-refractivity contribution in [2.24, 2.45) is 5.92 Å². The zero-order valence-corrected chi connectivity index (χ0v) is 12.7. The Morgan fingerprint density at radius 3 is 2.95 bits per heavy atom. The predicted octanol–water partition coefficient (Wildman–Crippen LogP) is 3.21. The van der Waals surface area contributed by atoms with Crippen molar-refractivity contribution in [1.29, 1.82) is 0 Å². The molecule has 2 atom stereocenters. The minimum absolute atomic E-state index is 0.323. The second kappa shape index (κ2) is 5.96. The van der Waals surface area contributed by atoms with Gasteiger partial charge in [-0.3, -0.25) is 0 Å². The molecular weight excluding hydrogens is 264 g/mol. The first-order valence-electron chi connectivity index (χ1n) is 8.04. The number of carbonyl (C=O) groups excluding carboxylic acids is 1. The smallest absolute Gasteiger partial charge is 0.340 e. The van der Waals surface area contributed by atoms with Gasteiger partial charge in [-0.1, -0.05) is 18.9 Å². The molecule has 2 aliphatic rings. The Bertz CT molecular complexity index is 530. The molecule has 0 spiro atoms. The maximum atomic E-state index is 12.0. The number of para-hydroxylation sites is 1. The van der Waals surface area contributed by atoms with Gasteiger partial charge in [-0.25, -0.2) is 4.79 Å². The van der Waals surface area contributed by atoms with Gasteiger partial charge in [0.15, 0.2) is 0 Å². The lowest BCUT2D eigenvalue weighted by molar-refractivity contribution is 0.0527. The molecule has 4 nitrogen and oxygen atoms in total. The zero-order valence-electron chi connectivity index (χ0n) is 12.7. The van der Waals surface area contributed by atoms with Crippen molar-refractivity contribution in [1.82, 2.24) is 0 Å². The highest BCUT2D eigenvalue weighted by Gasteiger charge is 2.36. The van der Waals surface area contributed by atoms with Gasteiger partial charge in [-0.05, 0) is 44.2 Å². The second-order valence-electron chi connectivity index (χ2n) is 6.05. The average molecular weight is 288 g/mol. The summed E-state index contributed by atoms with van der Waals surface area (Å²) in [4.78, 5) is 14.4. The second-order valence-corrected chi connectivity index (χ2v) is 6.05. The largest absolute Gasteiger partial charge is 0.462 e.